The second-order valence-corrected chi connectivity index (χ2v) is 5.90. The van der Waals surface area contributed by atoms with E-state index in [2.05, 4.69) is 0 Å². The Bertz CT molecular complexity index is 706. The summed E-state index contributed by atoms with van der Waals surface area (Å²) in [4.78, 5) is 14.1. The van der Waals surface area contributed by atoms with Crippen LogP contribution in [0.3, 0.4) is 0 Å². The highest BCUT2D eigenvalue weighted by atomic mass is 16.5. The van der Waals surface area contributed by atoms with Gasteiger partial charge >= 0.3 is 0 Å². The molecule has 2 aromatic rings. The van der Waals surface area contributed by atoms with E-state index in [1.54, 1.807) is 12.0 Å². The molecule has 1 unspecified atom stereocenters. The minimum atomic E-state index is -0.186. The number of benzene rings is 2. The Morgan fingerprint density at radius 1 is 1.08 bits per heavy atom. The van der Waals surface area contributed by atoms with Crippen molar-refractivity contribution in [3.8, 4) is 17.2 Å². The Hall–Kier alpha value is -2.73. The zero-order valence-corrected chi connectivity index (χ0v) is 14.8. The fourth-order valence-corrected chi connectivity index (χ4v) is 2.72. The van der Waals surface area contributed by atoms with Crippen LogP contribution in [0.2, 0.25) is 0 Å². The van der Waals surface area contributed by atoms with E-state index in [0.29, 0.717) is 43.6 Å². The van der Waals surface area contributed by atoms with Gasteiger partial charge in [0.15, 0.2) is 18.1 Å². The van der Waals surface area contributed by atoms with E-state index in [0.717, 1.165) is 0 Å². The molecule has 1 atom stereocenters. The van der Waals surface area contributed by atoms with Gasteiger partial charge in [-0.1, -0.05) is 30.3 Å². The molecule has 1 saturated heterocycles. The third-order valence-electron chi connectivity index (χ3n) is 4.09. The summed E-state index contributed by atoms with van der Waals surface area (Å²) >= 11 is 0. The van der Waals surface area contributed by atoms with Gasteiger partial charge in [0.05, 0.1) is 20.3 Å². The van der Waals surface area contributed by atoms with Crippen LogP contribution in [0.25, 0.3) is 0 Å². The summed E-state index contributed by atoms with van der Waals surface area (Å²) in [5, 5.41) is 0. The summed E-state index contributed by atoms with van der Waals surface area (Å²) < 4.78 is 22.3. The number of ether oxygens (including phenoxy) is 4. The van der Waals surface area contributed by atoms with Crippen molar-refractivity contribution >= 4 is 5.91 Å². The maximum atomic E-state index is 12.4. The molecule has 2 aromatic carbocycles. The molecule has 1 heterocycles. The van der Waals surface area contributed by atoms with Gasteiger partial charge in [0.1, 0.15) is 18.5 Å². The quantitative estimate of drug-likeness (QED) is 0.762. The number of hydrogen-bond acceptors (Lipinski definition) is 5. The van der Waals surface area contributed by atoms with Crippen molar-refractivity contribution in [1.29, 1.82) is 0 Å². The largest absolute Gasteiger partial charge is 0.493 e. The molecule has 0 aromatic heterocycles. The van der Waals surface area contributed by atoms with Crippen LogP contribution in [0.15, 0.2) is 54.6 Å². The highest BCUT2D eigenvalue weighted by Gasteiger charge is 2.25. The molecule has 0 bridgehead atoms. The van der Waals surface area contributed by atoms with E-state index in [-0.39, 0.29) is 18.6 Å². The maximum Gasteiger partial charge on any atom is 0.260 e. The van der Waals surface area contributed by atoms with E-state index < -0.39 is 0 Å². The van der Waals surface area contributed by atoms with Crippen LogP contribution in [0.5, 0.6) is 17.2 Å². The molecule has 1 aliphatic heterocycles. The second-order valence-electron chi connectivity index (χ2n) is 5.90. The van der Waals surface area contributed by atoms with Crippen molar-refractivity contribution in [2.24, 2.45) is 0 Å². The van der Waals surface area contributed by atoms with E-state index in [4.69, 9.17) is 18.9 Å². The number of nitrogens with zero attached hydrogens (tertiary/aromatic N) is 1. The van der Waals surface area contributed by atoms with Crippen molar-refractivity contribution in [3.63, 3.8) is 0 Å². The first-order chi connectivity index (χ1) is 12.8. The summed E-state index contributed by atoms with van der Waals surface area (Å²) in [7, 11) is 1.60. The van der Waals surface area contributed by atoms with E-state index >= 15 is 0 Å². The molecule has 26 heavy (non-hydrogen) atoms. The predicted octanol–water partition coefficient (Wildman–Crippen LogP) is 2.38. The lowest BCUT2D eigenvalue weighted by molar-refractivity contribution is -0.142. The number of methoxy groups -OCH3 is 1. The molecule has 0 saturated carbocycles. The summed E-state index contributed by atoms with van der Waals surface area (Å²) in [5.74, 6) is 1.96. The lowest BCUT2D eigenvalue weighted by atomic mass is 10.2. The van der Waals surface area contributed by atoms with Gasteiger partial charge in [-0.25, -0.2) is 0 Å². The normalized spacial score (nSPS) is 16.8. The van der Waals surface area contributed by atoms with Crippen LogP contribution in [0.4, 0.5) is 0 Å². The van der Waals surface area contributed by atoms with Crippen molar-refractivity contribution < 1.29 is 23.7 Å². The van der Waals surface area contributed by atoms with Crippen LogP contribution < -0.4 is 14.2 Å². The Morgan fingerprint density at radius 3 is 2.58 bits per heavy atom. The molecular formula is C20H23NO5. The summed E-state index contributed by atoms with van der Waals surface area (Å²) in [5.41, 5.74) is 0. The summed E-state index contributed by atoms with van der Waals surface area (Å²) in [6, 6.07) is 16.8. The minimum Gasteiger partial charge on any atom is -0.493 e. The van der Waals surface area contributed by atoms with Crippen molar-refractivity contribution in [3.05, 3.63) is 54.6 Å². The van der Waals surface area contributed by atoms with E-state index in [1.165, 1.54) is 0 Å². The fourth-order valence-electron chi connectivity index (χ4n) is 2.72. The van der Waals surface area contributed by atoms with Crippen molar-refractivity contribution in [1.82, 2.24) is 4.90 Å². The SMILES string of the molecule is COc1ccccc1OCC1CN(C(=O)COc2ccccc2)CCO1. The Kier molecular flexibility index (Phi) is 6.33. The van der Waals surface area contributed by atoms with Crippen LogP contribution >= 0.6 is 0 Å². The first kappa shape index (κ1) is 18.1. The third kappa shape index (κ3) is 4.89. The van der Waals surface area contributed by atoms with Gasteiger partial charge in [-0.15, -0.1) is 0 Å². The number of carbonyl (C=O) groups is 1. The number of para-hydroxylation sites is 3. The van der Waals surface area contributed by atoms with Crippen molar-refractivity contribution in [2.45, 2.75) is 6.10 Å². The maximum absolute atomic E-state index is 12.4. The Morgan fingerprint density at radius 2 is 1.81 bits per heavy atom. The van der Waals surface area contributed by atoms with Gasteiger partial charge < -0.3 is 23.8 Å². The zero-order valence-electron chi connectivity index (χ0n) is 14.8. The lowest BCUT2D eigenvalue weighted by Crippen LogP contribution is -2.49. The standard InChI is InChI=1S/C20H23NO5/c1-23-18-9-5-6-10-19(18)26-14-17-13-21(11-12-24-17)20(22)15-25-16-7-3-2-4-8-16/h2-10,17H,11-15H2,1H3. The molecule has 0 radical (unpaired) electrons. The molecule has 1 amide bonds. The molecular weight excluding hydrogens is 334 g/mol. The first-order valence-corrected chi connectivity index (χ1v) is 8.59. The number of amides is 1. The summed E-state index contributed by atoms with van der Waals surface area (Å²) in [6.07, 6.45) is -0.186. The zero-order chi connectivity index (χ0) is 18.2. The molecule has 138 valence electrons. The molecule has 6 heteroatoms. The van der Waals surface area contributed by atoms with Gasteiger partial charge in [0.25, 0.3) is 5.91 Å². The smallest absolute Gasteiger partial charge is 0.260 e. The molecule has 6 nitrogen and oxygen atoms in total. The van der Waals surface area contributed by atoms with Crippen LogP contribution in [-0.4, -0.2) is 56.9 Å². The van der Waals surface area contributed by atoms with Gasteiger partial charge in [-0.2, -0.15) is 0 Å². The third-order valence-corrected chi connectivity index (χ3v) is 4.09. The number of morpholine rings is 1. The van der Waals surface area contributed by atoms with Crippen molar-refractivity contribution in [2.75, 3.05) is 40.0 Å². The lowest BCUT2D eigenvalue weighted by Gasteiger charge is -2.32. The molecule has 3 rings (SSSR count). The van der Waals surface area contributed by atoms with Gasteiger partial charge in [0, 0.05) is 6.54 Å². The molecule has 0 spiro atoms. The Balaban J connectivity index is 1.48. The predicted molar refractivity (Wildman–Crippen MR) is 96.7 cm³/mol. The fraction of sp³-hybridized carbons (Fsp3) is 0.350. The monoisotopic (exact) mass is 357 g/mol. The molecule has 1 aliphatic rings. The topological polar surface area (TPSA) is 57.2 Å². The van der Waals surface area contributed by atoms with Crippen LogP contribution in [0.1, 0.15) is 0 Å². The van der Waals surface area contributed by atoms with Crippen LogP contribution in [-0.2, 0) is 9.53 Å². The molecule has 0 aliphatic carbocycles. The van der Waals surface area contributed by atoms with Gasteiger partial charge in [-0.05, 0) is 24.3 Å². The van der Waals surface area contributed by atoms with Gasteiger partial charge in [-0.3, -0.25) is 4.79 Å². The second kappa shape index (κ2) is 9.10. The molecule has 1 fully saturated rings. The number of carbonyl (C=O) groups excluding carboxylic acids is 1. The highest BCUT2D eigenvalue weighted by molar-refractivity contribution is 5.77. The average Bonchev–Trinajstić information content (AvgIpc) is 2.71. The highest BCUT2D eigenvalue weighted by Crippen LogP contribution is 2.26. The van der Waals surface area contributed by atoms with E-state index in [9.17, 15) is 4.79 Å². The minimum absolute atomic E-state index is 0.0180. The average molecular weight is 357 g/mol. The van der Waals surface area contributed by atoms with E-state index in [1.807, 2.05) is 54.6 Å². The summed E-state index contributed by atoms with van der Waals surface area (Å²) in [6.45, 7) is 1.89. The van der Waals surface area contributed by atoms with Crippen LogP contribution in [0, 0.1) is 0 Å². The number of rotatable bonds is 7. The number of hydrogen-bond donors (Lipinski definition) is 0. The first-order valence-electron chi connectivity index (χ1n) is 8.59. The molecule has 0 N–H and O–H groups in total. The van der Waals surface area contributed by atoms with Gasteiger partial charge in [0.2, 0.25) is 0 Å². The Labute approximate surface area is 153 Å².